The van der Waals surface area contributed by atoms with Gasteiger partial charge in [-0.3, -0.25) is 15.3 Å². The standard InChI is InChI=1S/C5H9N5O2/c6-3-2(1-11)4(12)10(8)5(7)9-3/h1,5,9H,6-8H2. The van der Waals surface area contributed by atoms with Gasteiger partial charge in [-0.1, -0.05) is 0 Å². The van der Waals surface area contributed by atoms with E-state index in [1.807, 2.05) is 0 Å². The minimum Gasteiger partial charge on any atom is -0.385 e. The molecule has 0 aromatic rings. The highest BCUT2D eigenvalue weighted by atomic mass is 16.2. The third-order valence-electron chi connectivity index (χ3n) is 1.48. The van der Waals surface area contributed by atoms with E-state index >= 15 is 0 Å². The zero-order valence-corrected chi connectivity index (χ0v) is 6.15. The van der Waals surface area contributed by atoms with Crippen LogP contribution in [0.25, 0.3) is 0 Å². The fourth-order valence-corrected chi connectivity index (χ4v) is 0.801. The number of hydrogen-bond acceptors (Lipinski definition) is 6. The van der Waals surface area contributed by atoms with Crippen LogP contribution in [0.4, 0.5) is 0 Å². The highest BCUT2D eigenvalue weighted by Crippen LogP contribution is 2.04. The Balaban J connectivity index is 3.04. The van der Waals surface area contributed by atoms with Crippen LogP contribution < -0.4 is 22.6 Å². The Labute approximate surface area is 68.1 Å². The van der Waals surface area contributed by atoms with Crippen LogP contribution >= 0.6 is 0 Å². The summed E-state index contributed by atoms with van der Waals surface area (Å²) in [5, 5.41) is 3.14. The summed E-state index contributed by atoms with van der Waals surface area (Å²) in [5.74, 6) is 4.46. The molecule has 66 valence electrons. The highest BCUT2D eigenvalue weighted by molar-refractivity contribution is 6.11. The topological polar surface area (TPSA) is 127 Å². The molecule has 0 spiro atoms. The van der Waals surface area contributed by atoms with Crippen molar-refractivity contribution in [3.05, 3.63) is 11.4 Å². The average Bonchev–Trinajstić information content (AvgIpc) is 2.01. The second-order valence-corrected chi connectivity index (χ2v) is 2.25. The zero-order chi connectivity index (χ0) is 9.30. The van der Waals surface area contributed by atoms with Crippen molar-refractivity contribution < 1.29 is 9.59 Å². The number of hydrogen-bond donors (Lipinski definition) is 4. The van der Waals surface area contributed by atoms with Crippen molar-refractivity contribution in [3.63, 3.8) is 0 Å². The van der Waals surface area contributed by atoms with Crippen LogP contribution in [-0.4, -0.2) is 23.5 Å². The Hall–Kier alpha value is -1.60. The minimum absolute atomic E-state index is 0.0517. The monoisotopic (exact) mass is 171 g/mol. The van der Waals surface area contributed by atoms with Crippen molar-refractivity contribution >= 4 is 12.2 Å². The van der Waals surface area contributed by atoms with E-state index in [0.29, 0.717) is 11.3 Å². The van der Waals surface area contributed by atoms with E-state index < -0.39 is 12.2 Å². The van der Waals surface area contributed by atoms with Gasteiger partial charge in [-0.05, 0) is 0 Å². The number of rotatable bonds is 1. The largest absolute Gasteiger partial charge is 0.385 e. The molecular formula is C5H9N5O2. The third-order valence-corrected chi connectivity index (χ3v) is 1.48. The van der Waals surface area contributed by atoms with Gasteiger partial charge >= 0.3 is 0 Å². The predicted octanol–water partition coefficient (Wildman–Crippen LogP) is -3.10. The lowest BCUT2D eigenvalue weighted by molar-refractivity contribution is -0.132. The molecule has 0 radical (unpaired) electrons. The molecule has 1 unspecified atom stereocenters. The van der Waals surface area contributed by atoms with Crippen LogP contribution in [0.15, 0.2) is 11.4 Å². The summed E-state index contributed by atoms with van der Waals surface area (Å²) in [7, 11) is 0. The van der Waals surface area contributed by atoms with Crippen LogP contribution in [0, 0.1) is 0 Å². The third kappa shape index (κ3) is 1.11. The van der Waals surface area contributed by atoms with Crippen LogP contribution in [-0.2, 0) is 9.59 Å². The first-order chi connectivity index (χ1) is 5.57. The van der Waals surface area contributed by atoms with Crippen molar-refractivity contribution in [2.24, 2.45) is 17.3 Å². The summed E-state index contributed by atoms with van der Waals surface area (Å²) < 4.78 is 0. The van der Waals surface area contributed by atoms with Crippen molar-refractivity contribution in [3.8, 4) is 0 Å². The molecule has 12 heavy (non-hydrogen) atoms. The second-order valence-electron chi connectivity index (χ2n) is 2.25. The van der Waals surface area contributed by atoms with Crippen molar-refractivity contribution in [2.75, 3.05) is 0 Å². The van der Waals surface area contributed by atoms with E-state index in [1.54, 1.807) is 0 Å². The molecule has 1 amide bonds. The minimum atomic E-state index is -0.888. The predicted molar refractivity (Wildman–Crippen MR) is 39.4 cm³/mol. The maximum Gasteiger partial charge on any atom is 0.277 e. The molecule has 0 saturated carbocycles. The normalized spacial score (nSPS) is 24.0. The molecule has 1 aliphatic rings. The summed E-state index contributed by atoms with van der Waals surface area (Å²) in [6, 6.07) is 0. The van der Waals surface area contributed by atoms with Crippen molar-refractivity contribution in [1.29, 1.82) is 0 Å². The van der Waals surface area contributed by atoms with E-state index in [4.69, 9.17) is 17.3 Å². The van der Waals surface area contributed by atoms with Gasteiger partial charge in [0.05, 0.1) is 0 Å². The molecule has 0 aliphatic carbocycles. The van der Waals surface area contributed by atoms with E-state index in [0.717, 1.165) is 0 Å². The van der Waals surface area contributed by atoms with Gasteiger partial charge in [-0.15, -0.1) is 0 Å². The summed E-state index contributed by atoms with van der Waals surface area (Å²) in [5.41, 5.74) is 10.4. The Morgan fingerprint density at radius 1 is 1.58 bits per heavy atom. The maximum atomic E-state index is 11.1. The smallest absolute Gasteiger partial charge is 0.277 e. The zero-order valence-electron chi connectivity index (χ0n) is 6.15. The van der Waals surface area contributed by atoms with Gasteiger partial charge in [0, 0.05) is 0 Å². The molecule has 0 aromatic carbocycles. The van der Waals surface area contributed by atoms with Crippen LogP contribution in [0.3, 0.4) is 0 Å². The van der Waals surface area contributed by atoms with E-state index in [2.05, 4.69) is 5.32 Å². The van der Waals surface area contributed by atoms with Crippen LogP contribution in [0.2, 0.25) is 0 Å². The molecule has 0 aromatic heterocycles. The molecule has 1 aliphatic heterocycles. The van der Waals surface area contributed by atoms with Gasteiger partial charge in [0.25, 0.3) is 5.91 Å². The maximum absolute atomic E-state index is 11.1. The quantitative estimate of drug-likeness (QED) is 0.143. The van der Waals surface area contributed by atoms with Gasteiger partial charge in [0.1, 0.15) is 11.4 Å². The molecule has 1 atom stereocenters. The number of carbonyl (C=O) groups is 2. The number of nitrogens with two attached hydrogens (primary N) is 3. The van der Waals surface area contributed by atoms with Crippen molar-refractivity contribution in [1.82, 2.24) is 10.3 Å². The van der Waals surface area contributed by atoms with Gasteiger partial charge in [-0.25, -0.2) is 10.9 Å². The Kier molecular flexibility index (Phi) is 1.98. The van der Waals surface area contributed by atoms with E-state index in [1.165, 1.54) is 0 Å². The molecule has 1 heterocycles. The SMILES string of the molecule is NC1=C(C=O)C(=O)N(N)C(N)N1. The van der Waals surface area contributed by atoms with Crippen LogP contribution in [0.1, 0.15) is 0 Å². The Morgan fingerprint density at radius 2 is 2.17 bits per heavy atom. The number of amides is 1. The van der Waals surface area contributed by atoms with E-state index in [-0.39, 0.29) is 11.4 Å². The number of nitrogens with one attached hydrogen (secondary N) is 1. The highest BCUT2D eigenvalue weighted by Gasteiger charge is 2.28. The lowest BCUT2D eigenvalue weighted by Gasteiger charge is -2.30. The lowest BCUT2D eigenvalue weighted by Crippen LogP contribution is -2.62. The van der Waals surface area contributed by atoms with Crippen LogP contribution in [0.5, 0.6) is 0 Å². The Morgan fingerprint density at radius 3 is 2.67 bits per heavy atom. The Bertz CT molecular complexity index is 261. The van der Waals surface area contributed by atoms with Crippen molar-refractivity contribution in [2.45, 2.75) is 6.29 Å². The number of hydrazine groups is 1. The molecule has 1 rings (SSSR count). The molecule has 0 saturated heterocycles. The first kappa shape index (κ1) is 8.50. The molecule has 7 N–H and O–H groups in total. The fraction of sp³-hybridized carbons (Fsp3) is 0.200. The van der Waals surface area contributed by atoms with Gasteiger partial charge in [-0.2, -0.15) is 0 Å². The van der Waals surface area contributed by atoms with Gasteiger partial charge in [0.2, 0.25) is 0 Å². The molecule has 0 bridgehead atoms. The number of carbonyl (C=O) groups excluding carboxylic acids is 2. The summed E-state index contributed by atoms with van der Waals surface area (Å²) in [6.45, 7) is 0. The molecule has 7 heteroatoms. The lowest BCUT2D eigenvalue weighted by atomic mass is 10.2. The summed E-state index contributed by atoms with van der Waals surface area (Å²) >= 11 is 0. The van der Waals surface area contributed by atoms with E-state index in [9.17, 15) is 9.59 Å². The fourth-order valence-electron chi connectivity index (χ4n) is 0.801. The van der Waals surface area contributed by atoms with Gasteiger partial charge in [0.15, 0.2) is 12.6 Å². The average molecular weight is 171 g/mol. The number of nitrogens with zero attached hydrogens (tertiary/aromatic N) is 1. The number of aldehydes is 1. The molecular weight excluding hydrogens is 162 g/mol. The first-order valence-corrected chi connectivity index (χ1v) is 3.13. The molecule has 0 fully saturated rings. The molecule has 7 nitrogen and oxygen atoms in total. The second kappa shape index (κ2) is 2.80. The first-order valence-electron chi connectivity index (χ1n) is 3.13. The summed E-state index contributed by atoms with van der Waals surface area (Å²) in [4.78, 5) is 21.4. The summed E-state index contributed by atoms with van der Waals surface area (Å²) in [6.07, 6.45) is -0.558. The van der Waals surface area contributed by atoms with Gasteiger partial charge < -0.3 is 11.1 Å².